The smallest absolute Gasteiger partial charge is 0.258 e. The third-order valence-electron chi connectivity index (χ3n) is 3.66. The molecule has 26 heavy (non-hydrogen) atoms. The third kappa shape index (κ3) is 4.59. The number of fused-ring (bicyclic) bond motifs is 1. The quantitative estimate of drug-likeness (QED) is 0.640. The van der Waals surface area contributed by atoms with Gasteiger partial charge in [0.05, 0.1) is 27.5 Å². The average Bonchev–Trinajstić information content (AvgIpc) is 3.06. The molecule has 0 aliphatic heterocycles. The molecule has 1 unspecified atom stereocenters. The highest BCUT2D eigenvalue weighted by Crippen LogP contribution is 2.25. The van der Waals surface area contributed by atoms with Crippen molar-refractivity contribution in [3.05, 3.63) is 67.5 Å². The fourth-order valence-corrected chi connectivity index (χ4v) is 4.13. The molecular formula is C17H15Cl2N3O2S2. The Morgan fingerprint density at radius 2 is 2.15 bits per heavy atom. The molecule has 0 aliphatic rings. The first-order valence-electron chi connectivity index (χ1n) is 7.72. The fraction of sp³-hybridized carbons (Fsp3) is 0.235. The van der Waals surface area contributed by atoms with E-state index in [2.05, 4.69) is 10.3 Å². The van der Waals surface area contributed by atoms with E-state index in [0.717, 1.165) is 5.56 Å². The van der Waals surface area contributed by atoms with Crippen LogP contribution in [0.25, 0.3) is 4.96 Å². The van der Waals surface area contributed by atoms with Crippen LogP contribution in [0.4, 0.5) is 0 Å². The molecule has 0 spiro atoms. The van der Waals surface area contributed by atoms with Crippen LogP contribution in [-0.2, 0) is 10.5 Å². The molecule has 136 valence electrons. The van der Waals surface area contributed by atoms with Crippen LogP contribution in [0, 0.1) is 0 Å². The zero-order valence-electron chi connectivity index (χ0n) is 13.7. The number of halogens is 2. The third-order valence-corrected chi connectivity index (χ3v) is 6.12. The Hall–Kier alpha value is -1.54. The van der Waals surface area contributed by atoms with Crippen LogP contribution in [0.3, 0.4) is 0 Å². The molecule has 0 radical (unpaired) electrons. The second-order valence-electron chi connectivity index (χ2n) is 5.60. The lowest BCUT2D eigenvalue weighted by Gasteiger charge is -2.15. The van der Waals surface area contributed by atoms with Gasteiger partial charge in [-0.1, -0.05) is 29.3 Å². The van der Waals surface area contributed by atoms with Crippen LogP contribution in [0.2, 0.25) is 10.0 Å². The van der Waals surface area contributed by atoms with E-state index in [4.69, 9.17) is 23.2 Å². The number of nitrogens with zero attached hydrogens (tertiary/aromatic N) is 2. The molecule has 1 atom stereocenters. The van der Waals surface area contributed by atoms with Crippen molar-refractivity contribution < 1.29 is 4.79 Å². The number of rotatable bonds is 6. The van der Waals surface area contributed by atoms with Crippen LogP contribution < -0.4 is 10.9 Å². The van der Waals surface area contributed by atoms with Gasteiger partial charge in [-0.25, -0.2) is 4.98 Å². The van der Waals surface area contributed by atoms with Crippen molar-refractivity contribution in [3.8, 4) is 0 Å². The normalized spacial score (nSPS) is 12.3. The lowest BCUT2D eigenvalue weighted by Crippen LogP contribution is -2.28. The van der Waals surface area contributed by atoms with Gasteiger partial charge in [-0.15, -0.1) is 23.1 Å². The topological polar surface area (TPSA) is 63.5 Å². The first-order chi connectivity index (χ1) is 12.4. The van der Waals surface area contributed by atoms with E-state index >= 15 is 0 Å². The van der Waals surface area contributed by atoms with Gasteiger partial charge in [0.1, 0.15) is 0 Å². The maximum atomic E-state index is 12.1. The Morgan fingerprint density at radius 1 is 1.35 bits per heavy atom. The summed E-state index contributed by atoms with van der Waals surface area (Å²) in [6.07, 6.45) is 1.70. The summed E-state index contributed by atoms with van der Waals surface area (Å²) < 4.78 is 1.50. The number of thiazole rings is 1. The summed E-state index contributed by atoms with van der Waals surface area (Å²) in [6, 6.07) is 6.61. The maximum absolute atomic E-state index is 12.1. The summed E-state index contributed by atoms with van der Waals surface area (Å²) in [6.45, 7) is 1.88. The number of nitrogens with one attached hydrogen (secondary N) is 1. The Morgan fingerprint density at radius 3 is 2.92 bits per heavy atom. The summed E-state index contributed by atoms with van der Waals surface area (Å²) in [5.41, 5.74) is 1.45. The summed E-state index contributed by atoms with van der Waals surface area (Å²) in [4.78, 5) is 29.1. The SMILES string of the molecule is CC(NC(=O)CSCc1cc(=O)n2ccsc2n1)c1ccc(Cl)c(Cl)c1. The predicted molar refractivity (Wildman–Crippen MR) is 109 cm³/mol. The molecule has 0 fully saturated rings. The minimum Gasteiger partial charge on any atom is -0.349 e. The molecule has 9 heteroatoms. The van der Waals surface area contributed by atoms with Gasteiger partial charge >= 0.3 is 0 Å². The van der Waals surface area contributed by atoms with Gasteiger partial charge in [-0.05, 0) is 24.6 Å². The summed E-state index contributed by atoms with van der Waals surface area (Å²) >= 11 is 14.7. The van der Waals surface area contributed by atoms with Gasteiger partial charge in [0, 0.05) is 23.4 Å². The summed E-state index contributed by atoms with van der Waals surface area (Å²) in [5.74, 6) is 0.678. The van der Waals surface area contributed by atoms with Crippen molar-refractivity contribution in [2.45, 2.75) is 18.7 Å². The van der Waals surface area contributed by atoms with Gasteiger partial charge in [-0.2, -0.15) is 0 Å². The van der Waals surface area contributed by atoms with Crippen LogP contribution in [0.1, 0.15) is 24.2 Å². The lowest BCUT2D eigenvalue weighted by atomic mass is 10.1. The highest BCUT2D eigenvalue weighted by molar-refractivity contribution is 7.99. The Labute approximate surface area is 168 Å². The molecule has 0 aliphatic carbocycles. The van der Waals surface area contributed by atoms with Crippen molar-refractivity contribution in [2.75, 3.05) is 5.75 Å². The molecule has 2 aromatic heterocycles. The van der Waals surface area contributed by atoms with Crippen LogP contribution in [0.5, 0.6) is 0 Å². The van der Waals surface area contributed by atoms with E-state index in [-0.39, 0.29) is 23.3 Å². The largest absolute Gasteiger partial charge is 0.349 e. The number of benzene rings is 1. The summed E-state index contributed by atoms with van der Waals surface area (Å²) in [5, 5.41) is 5.68. The van der Waals surface area contributed by atoms with Gasteiger partial charge in [0.2, 0.25) is 5.91 Å². The second-order valence-corrected chi connectivity index (χ2v) is 8.27. The monoisotopic (exact) mass is 427 g/mol. The number of carbonyl (C=O) groups is 1. The molecule has 2 heterocycles. The second kappa shape index (κ2) is 8.43. The first kappa shape index (κ1) is 19.2. The maximum Gasteiger partial charge on any atom is 0.258 e. The molecule has 0 saturated carbocycles. The molecule has 1 amide bonds. The van der Waals surface area contributed by atoms with Crippen LogP contribution in [-0.4, -0.2) is 21.0 Å². The predicted octanol–water partition coefficient (Wildman–Crippen LogP) is 4.17. The van der Waals surface area contributed by atoms with Gasteiger partial charge < -0.3 is 5.32 Å². The van der Waals surface area contributed by atoms with Crippen molar-refractivity contribution in [1.82, 2.24) is 14.7 Å². The standard InChI is InChI=1S/C17H15Cl2N3O2S2/c1-10(11-2-3-13(18)14(19)6-11)20-15(23)9-25-8-12-7-16(24)22-4-5-26-17(22)21-12/h2-7,10H,8-9H2,1H3,(H,20,23). The first-order valence-corrected chi connectivity index (χ1v) is 10.5. The Kier molecular flexibility index (Phi) is 6.24. The Bertz CT molecular complexity index is 1000. The van der Waals surface area contributed by atoms with Crippen molar-refractivity contribution >= 4 is 57.2 Å². The van der Waals surface area contributed by atoms with E-state index in [9.17, 15) is 9.59 Å². The van der Waals surface area contributed by atoms with E-state index in [1.165, 1.54) is 33.6 Å². The number of thioether (sulfide) groups is 1. The molecular weight excluding hydrogens is 413 g/mol. The number of carbonyl (C=O) groups excluding carboxylic acids is 1. The van der Waals surface area contributed by atoms with Crippen molar-refractivity contribution in [2.24, 2.45) is 0 Å². The molecule has 0 bridgehead atoms. The highest BCUT2D eigenvalue weighted by atomic mass is 35.5. The van der Waals surface area contributed by atoms with Gasteiger partial charge in [-0.3, -0.25) is 14.0 Å². The minimum atomic E-state index is -0.178. The van der Waals surface area contributed by atoms with Crippen molar-refractivity contribution in [1.29, 1.82) is 0 Å². The lowest BCUT2D eigenvalue weighted by molar-refractivity contribution is -0.119. The number of amides is 1. The number of hydrogen-bond acceptors (Lipinski definition) is 5. The van der Waals surface area contributed by atoms with Crippen molar-refractivity contribution in [3.63, 3.8) is 0 Å². The molecule has 1 N–H and O–H groups in total. The molecule has 0 saturated heterocycles. The zero-order valence-corrected chi connectivity index (χ0v) is 16.9. The van der Waals surface area contributed by atoms with E-state index < -0.39 is 0 Å². The minimum absolute atomic E-state index is 0.0949. The number of hydrogen-bond donors (Lipinski definition) is 1. The molecule has 5 nitrogen and oxygen atoms in total. The summed E-state index contributed by atoms with van der Waals surface area (Å²) in [7, 11) is 0. The van der Waals surface area contributed by atoms with E-state index in [0.29, 0.717) is 26.5 Å². The van der Waals surface area contributed by atoms with Gasteiger partial charge in [0.25, 0.3) is 5.56 Å². The number of aromatic nitrogens is 2. The molecule has 1 aromatic carbocycles. The average molecular weight is 428 g/mol. The highest BCUT2D eigenvalue weighted by Gasteiger charge is 2.12. The van der Waals surface area contributed by atoms with E-state index in [1.54, 1.807) is 18.3 Å². The Balaban J connectivity index is 1.53. The molecule has 3 aromatic rings. The zero-order chi connectivity index (χ0) is 18.7. The molecule has 3 rings (SSSR count). The van der Waals surface area contributed by atoms with E-state index in [1.807, 2.05) is 18.4 Å². The van der Waals surface area contributed by atoms with Gasteiger partial charge in [0.15, 0.2) is 4.96 Å². The van der Waals surface area contributed by atoms with Crippen LogP contribution >= 0.6 is 46.3 Å². The van der Waals surface area contributed by atoms with Crippen LogP contribution in [0.15, 0.2) is 40.6 Å². The fourth-order valence-electron chi connectivity index (χ4n) is 2.36.